The molecule has 0 aromatic heterocycles. The van der Waals surface area contributed by atoms with Crippen LogP contribution in [0.5, 0.6) is 0 Å². The molecule has 1 amide bonds. The van der Waals surface area contributed by atoms with Gasteiger partial charge in [-0.2, -0.15) is 0 Å². The number of carbonyl (C=O) groups excluding carboxylic acids is 1. The summed E-state index contributed by atoms with van der Waals surface area (Å²) in [6, 6.07) is 5.21. The first-order valence-electron chi connectivity index (χ1n) is 6.25. The lowest BCUT2D eigenvalue weighted by Crippen LogP contribution is -2.55. The molecule has 0 radical (unpaired) electrons. The van der Waals surface area contributed by atoms with Crippen LogP contribution in [0.25, 0.3) is 0 Å². The Morgan fingerprint density at radius 2 is 2.00 bits per heavy atom. The number of carbonyl (C=O) groups is 1. The van der Waals surface area contributed by atoms with Crippen molar-refractivity contribution in [2.45, 2.75) is 39.2 Å². The number of benzene rings is 1. The molecule has 5 heteroatoms. The van der Waals surface area contributed by atoms with Crippen molar-refractivity contribution in [1.82, 2.24) is 5.32 Å². The predicted octanol–water partition coefficient (Wildman–Crippen LogP) is 3.22. The van der Waals surface area contributed by atoms with Crippen molar-refractivity contribution in [3.8, 4) is 0 Å². The normalized spacial score (nSPS) is 11.2. The van der Waals surface area contributed by atoms with E-state index < -0.39 is 5.54 Å². The van der Waals surface area contributed by atoms with Gasteiger partial charge in [0.2, 0.25) is 0 Å². The van der Waals surface area contributed by atoms with Crippen LogP contribution >= 0.6 is 23.8 Å². The lowest BCUT2D eigenvalue weighted by Gasteiger charge is -2.31. The van der Waals surface area contributed by atoms with E-state index in [-0.39, 0.29) is 5.91 Å². The Morgan fingerprint density at radius 1 is 1.42 bits per heavy atom. The summed E-state index contributed by atoms with van der Waals surface area (Å²) >= 11 is 11.1. The smallest absolute Gasteiger partial charge is 0.252 e. The Kier molecular flexibility index (Phi) is 5.32. The highest BCUT2D eigenvalue weighted by molar-refractivity contribution is 7.80. The second kappa shape index (κ2) is 6.35. The van der Waals surface area contributed by atoms with Crippen molar-refractivity contribution in [3.63, 3.8) is 0 Å². The lowest BCUT2D eigenvalue weighted by molar-refractivity contribution is 0.0920. The van der Waals surface area contributed by atoms with Crippen LogP contribution in [0.1, 0.15) is 42.6 Å². The summed E-state index contributed by atoms with van der Waals surface area (Å²) in [6.07, 6.45) is 1.31. The fourth-order valence-corrected chi connectivity index (χ4v) is 2.38. The molecule has 1 rings (SSSR count). The van der Waals surface area contributed by atoms with E-state index in [0.717, 1.165) is 5.56 Å². The fraction of sp³-hybridized carbons (Fsp3) is 0.429. The Balaban J connectivity index is 3.00. The van der Waals surface area contributed by atoms with Crippen LogP contribution in [0.3, 0.4) is 0 Å². The van der Waals surface area contributed by atoms with Gasteiger partial charge in [-0.15, -0.1) is 0 Å². The summed E-state index contributed by atoms with van der Waals surface area (Å²) in [5.74, 6) is -0.210. The van der Waals surface area contributed by atoms with Crippen LogP contribution in [0.4, 0.5) is 0 Å². The minimum atomic E-state index is -0.635. The quantitative estimate of drug-likeness (QED) is 0.821. The maximum Gasteiger partial charge on any atom is 0.252 e. The number of hydrogen-bond acceptors (Lipinski definition) is 2. The van der Waals surface area contributed by atoms with Crippen LogP contribution in [0, 0.1) is 6.92 Å². The molecule has 0 spiro atoms. The number of thiocarbonyl (C=S) groups is 1. The van der Waals surface area contributed by atoms with Crippen LogP contribution < -0.4 is 11.1 Å². The van der Waals surface area contributed by atoms with Gasteiger partial charge >= 0.3 is 0 Å². The molecule has 1 aromatic rings. The summed E-state index contributed by atoms with van der Waals surface area (Å²) in [7, 11) is 0. The molecule has 19 heavy (non-hydrogen) atoms. The first-order valence-corrected chi connectivity index (χ1v) is 7.03. The molecule has 0 heterocycles. The SMILES string of the molecule is CCC(CC)(NC(=O)c1ccc(C)c(Cl)c1)C(N)=S. The van der Waals surface area contributed by atoms with Crippen molar-refractivity contribution in [2.24, 2.45) is 5.73 Å². The number of nitrogens with two attached hydrogens (primary N) is 1. The van der Waals surface area contributed by atoms with Gasteiger partial charge in [-0.1, -0.05) is 43.7 Å². The largest absolute Gasteiger partial charge is 0.391 e. The minimum absolute atomic E-state index is 0.210. The fourth-order valence-electron chi connectivity index (χ4n) is 1.86. The van der Waals surface area contributed by atoms with E-state index in [4.69, 9.17) is 29.6 Å². The number of aryl methyl sites for hydroxylation is 1. The van der Waals surface area contributed by atoms with E-state index in [2.05, 4.69) is 5.32 Å². The third kappa shape index (κ3) is 3.45. The van der Waals surface area contributed by atoms with E-state index in [9.17, 15) is 4.79 Å². The van der Waals surface area contributed by atoms with Gasteiger partial charge in [0.1, 0.15) is 0 Å². The van der Waals surface area contributed by atoms with Gasteiger partial charge < -0.3 is 11.1 Å². The van der Waals surface area contributed by atoms with Crippen LogP contribution in [0.15, 0.2) is 18.2 Å². The molecule has 0 bridgehead atoms. The van der Waals surface area contributed by atoms with E-state index >= 15 is 0 Å². The van der Waals surface area contributed by atoms with Gasteiger partial charge in [-0.3, -0.25) is 4.79 Å². The monoisotopic (exact) mass is 298 g/mol. The molecular weight excluding hydrogens is 280 g/mol. The third-order valence-corrected chi connectivity index (χ3v) is 4.26. The van der Waals surface area contributed by atoms with E-state index in [1.807, 2.05) is 26.8 Å². The lowest BCUT2D eigenvalue weighted by atomic mass is 9.92. The maximum absolute atomic E-state index is 12.3. The molecule has 0 atom stereocenters. The Labute approximate surface area is 124 Å². The third-order valence-electron chi connectivity index (χ3n) is 3.47. The topological polar surface area (TPSA) is 55.1 Å². The molecule has 0 saturated carbocycles. The van der Waals surface area contributed by atoms with Gasteiger partial charge in [-0.25, -0.2) is 0 Å². The zero-order valence-corrected chi connectivity index (χ0v) is 13.0. The number of nitrogens with one attached hydrogen (secondary N) is 1. The number of halogens is 1. The molecule has 3 N–H and O–H groups in total. The highest BCUT2D eigenvalue weighted by atomic mass is 35.5. The molecule has 0 saturated heterocycles. The molecule has 1 aromatic carbocycles. The van der Waals surface area contributed by atoms with Gasteiger partial charge in [0.05, 0.1) is 10.5 Å². The molecular formula is C14H19ClN2OS. The van der Waals surface area contributed by atoms with Gasteiger partial charge in [0, 0.05) is 10.6 Å². The van der Waals surface area contributed by atoms with Crippen LogP contribution in [-0.4, -0.2) is 16.4 Å². The molecule has 0 aliphatic carbocycles. The van der Waals surface area contributed by atoms with Gasteiger partial charge in [0.25, 0.3) is 5.91 Å². The van der Waals surface area contributed by atoms with Crippen molar-refractivity contribution >= 4 is 34.7 Å². The van der Waals surface area contributed by atoms with Crippen molar-refractivity contribution in [1.29, 1.82) is 0 Å². The summed E-state index contributed by atoms with van der Waals surface area (Å²) < 4.78 is 0. The average Bonchev–Trinajstić information content (AvgIpc) is 2.38. The van der Waals surface area contributed by atoms with E-state index in [1.165, 1.54) is 0 Å². The highest BCUT2D eigenvalue weighted by Crippen LogP contribution is 2.20. The summed E-state index contributed by atoms with van der Waals surface area (Å²) in [5, 5.41) is 3.50. The first-order chi connectivity index (χ1) is 8.86. The van der Waals surface area contributed by atoms with Crippen LogP contribution in [0.2, 0.25) is 5.02 Å². The van der Waals surface area contributed by atoms with Crippen LogP contribution in [-0.2, 0) is 0 Å². The standard InChI is InChI=1S/C14H19ClN2OS/c1-4-14(5-2,13(16)19)17-12(18)10-7-6-9(3)11(15)8-10/h6-8H,4-5H2,1-3H3,(H2,16,19)(H,17,18). The van der Waals surface area contributed by atoms with E-state index in [1.54, 1.807) is 12.1 Å². The average molecular weight is 299 g/mol. The zero-order chi connectivity index (χ0) is 14.6. The van der Waals surface area contributed by atoms with Gasteiger partial charge in [-0.05, 0) is 37.5 Å². The summed E-state index contributed by atoms with van der Waals surface area (Å²) in [6.45, 7) is 5.79. The molecule has 0 fully saturated rings. The Bertz CT molecular complexity index is 498. The number of amides is 1. The Hall–Kier alpha value is -1.13. The minimum Gasteiger partial charge on any atom is -0.391 e. The molecule has 0 aliphatic rings. The second-order valence-corrected chi connectivity index (χ2v) is 5.42. The molecule has 0 unspecified atom stereocenters. The summed E-state index contributed by atoms with van der Waals surface area (Å²) in [4.78, 5) is 12.6. The summed E-state index contributed by atoms with van der Waals surface area (Å²) in [5.41, 5.74) is 6.58. The second-order valence-electron chi connectivity index (χ2n) is 4.57. The van der Waals surface area contributed by atoms with Crippen molar-refractivity contribution in [3.05, 3.63) is 34.3 Å². The van der Waals surface area contributed by atoms with Gasteiger partial charge in [0.15, 0.2) is 0 Å². The molecule has 104 valence electrons. The Morgan fingerprint density at radius 3 is 2.42 bits per heavy atom. The zero-order valence-electron chi connectivity index (χ0n) is 11.4. The van der Waals surface area contributed by atoms with Crippen molar-refractivity contribution < 1.29 is 4.79 Å². The van der Waals surface area contributed by atoms with Crippen molar-refractivity contribution in [2.75, 3.05) is 0 Å². The molecule has 0 aliphatic heterocycles. The number of hydrogen-bond donors (Lipinski definition) is 2. The first kappa shape index (κ1) is 15.9. The highest BCUT2D eigenvalue weighted by Gasteiger charge is 2.31. The van der Waals surface area contributed by atoms with E-state index in [0.29, 0.717) is 28.4 Å². The number of rotatable bonds is 5. The maximum atomic E-state index is 12.3. The predicted molar refractivity (Wildman–Crippen MR) is 83.8 cm³/mol. The molecule has 3 nitrogen and oxygen atoms in total.